The molecule has 1 amide bonds. The third-order valence-corrected chi connectivity index (χ3v) is 4.30. The van der Waals surface area contributed by atoms with Crippen molar-refractivity contribution in [2.75, 3.05) is 14.2 Å². The number of nitrogens with one attached hydrogen (secondary N) is 1. The lowest BCUT2D eigenvalue weighted by molar-refractivity contribution is 0.0584. The summed E-state index contributed by atoms with van der Waals surface area (Å²) in [7, 11) is 3.07. The second kappa shape index (κ2) is 5.32. The maximum Gasteiger partial charge on any atom is 0.255 e. The molecule has 0 radical (unpaired) electrons. The normalized spacial score (nSPS) is 23.6. The Morgan fingerprint density at radius 3 is 2.55 bits per heavy atom. The molecule has 0 bridgehead atoms. The van der Waals surface area contributed by atoms with Crippen molar-refractivity contribution in [2.24, 2.45) is 11.1 Å². The van der Waals surface area contributed by atoms with E-state index in [1.54, 1.807) is 25.3 Å². The van der Waals surface area contributed by atoms with Gasteiger partial charge < -0.3 is 20.5 Å². The summed E-state index contributed by atoms with van der Waals surface area (Å²) in [6.07, 6.45) is 0.797. The van der Waals surface area contributed by atoms with Crippen LogP contribution in [0.4, 0.5) is 0 Å². The SMILES string of the molecule is COc1cccc(C(=O)NC2CC(N)C2(C)C)c1OC. The molecule has 2 atom stereocenters. The molecule has 0 spiro atoms. The van der Waals surface area contributed by atoms with Crippen LogP contribution in [0.1, 0.15) is 30.6 Å². The van der Waals surface area contributed by atoms with Gasteiger partial charge in [-0.25, -0.2) is 0 Å². The number of carbonyl (C=O) groups is 1. The molecular weight excluding hydrogens is 256 g/mol. The first-order valence-corrected chi connectivity index (χ1v) is 6.69. The molecule has 1 aliphatic carbocycles. The van der Waals surface area contributed by atoms with Crippen molar-refractivity contribution in [1.29, 1.82) is 0 Å². The van der Waals surface area contributed by atoms with Gasteiger partial charge in [-0.05, 0) is 18.6 Å². The van der Waals surface area contributed by atoms with Gasteiger partial charge in [0.2, 0.25) is 0 Å². The van der Waals surface area contributed by atoms with Crippen molar-refractivity contribution >= 4 is 5.91 Å². The summed E-state index contributed by atoms with van der Waals surface area (Å²) < 4.78 is 10.5. The molecule has 5 heteroatoms. The van der Waals surface area contributed by atoms with Crippen LogP contribution in [0.2, 0.25) is 0 Å². The van der Waals surface area contributed by atoms with Crippen LogP contribution in [0.3, 0.4) is 0 Å². The number of benzene rings is 1. The highest BCUT2D eigenvalue weighted by atomic mass is 16.5. The fourth-order valence-corrected chi connectivity index (χ4v) is 2.51. The first kappa shape index (κ1) is 14.7. The second-order valence-corrected chi connectivity index (χ2v) is 5.73. The van der Waals surface area contributed by atoms with E-state index >= 15 is 0 Å². The summed E-state index contributed by atoms with van der Waals surface area (Å²) in [5.74, 6) is 0.837. The zero-order chi connectivity index (χ0) is 14.9. The minimum absolute atomic E-state index is 0.0816. The van der Waals surface area contributed by atoms with Crippen molar-refractivity contribution in [3.05, 3.63) is 23.8 Å². The number of nitrogens with two attached hydrogens (primary N) is 1. The number of hydrogen-bond acceptors (Lipinski definition) is 4. The maximum absolute atomic E-state index is 12.4. The molecule has 1 aliphatic rings. The van der Waals surface area contributed by atoms with E-state index in [0.717, 1.165) is 6.42 Å². The molecule has 0 aromatic heterocycles. The van der Waals surface area contributed by atoms with Gasteiger partial charge in [-0.2, -0.15) is 0 Å². The lowest BCUT2D eigenvalue weighted by atomic mass is 9.63. The zero-order valence-corrected chi connectivity index (χ0v) is 12.4. The average Bonchev–Trinajstić information content (AvgIpc) is 2.45. The predicted molar refractivity (Wildman–Crippen MR) is 77.2 cm³/mol. The highest BCUT2D eigenvalue weighted by molar-refractivity contribution is 5.98. The smallest absolute Gasteiger partial charge is 0.255 e. The summed E-state index contributed by atoms with van der Waals surface area (Å²) in [6.45, 7) is 4.13. The van der Waals surface area contributed by atoms with E-state index in [1.807, 2.05) is 0 Å². The molecule has 110 valence electrons. The van der Waals surface area contributed by atoms with Crippen LogP contribution >= 0.6 is 0 Å². The maximum atomic E-state index is 12.4. The summed E-state index contributed by atoms with van der Waals surface area (Å²) in [5.41, 5.74) is 6.36. The largest absolute Gasteiger partial charge is 0.493 e. The topological polar surface area (TPSA) is 73.6 Å². The molecule has 0 aliphatic heterocycles. The van der Waals surface area contributed by atoms with Crippen molar-refractivity contribution < 1.29 is 14.3 Å². The van der Waals surface area contributed by atoms with E-state index in [9.17, 15) is 4.79 Å². The molecule has 2 unspecified atom stereocenters. The molecule has 0 saturated heterocycles. The van der Waals surface area contributed by atoms with Crippen LogP contribution in [0.25, 0.3) is 0 Å². The van der Waals surface area contributed by atoms with E-state index in [4.69, 9.17) is 15.2 Å². The number of ether oxygens (including phenoxy) is 2. The number of rotatable bonds is 4. The van der Waals surface area contributed by atoms with E-state index in [0.29, 0.717) is 17.1 Å². The number of methoxy groups -OCH3 is 2. The summed E-state index contributed by atoms with van der Waals surface area (Å²) in [4.78, 5) is 12.4. The molecule has 3 N–H and O–H groups in total. The Kier molecular flexibility index (Phi) is 3.90. The Balaban J connectivity index is 2.18. The number of amides is 1. The minimum atomic E-state index is -0.161. The number of hydrogen-bond donors (Lipinski definition) is 2. The first-order valence-electron chi connectivity index (χ1n) is 6.69. The van der Waals surface area contributed by atoms with E-state index in [1.165, 1.54) is 7.11 Å². The Hall–Kier alpha value is -1.75. The fourth-order valence-electron chi connectivity index (χ4n) is 2.51. The Labute approximate surface area is 119 Å². The molecular formula is C15H22N2O3. The molecule has 2 rings (SSSR count). The van der Waals surface area contributed by atoms with Crippen molar-refractivity contribution in [3.63, 3.8) is 0 Å². The Morgan fingerprint density at radius 2 is 2.05 bits per heavy atom. The van der Waals surface area contributed by atoms with Crippen LogP contribution in [-0.4, -0.2) is 32.2 Å². The molecule has 1 aromatic carbocycles. The third-order valence-electron chi connectivity index (χ3n) is 4.30. The molecule has 20 heavy (non-hydrogen) atoms. The highest BCUT2D eigenvalue weighted by Crippen LogP contribution is 2.39. The zero-order valence-electron chi connectivity index (χ0n) is 12.4. The summed E-state index contributed by atoms with van der Waals surface area (Å²) in [5, 5.41) is 3.02. The van der Waals surface area contributed by atoms with Gasteiger partial charge in [0.05, 0.1) is 19.8 Å². The van der Waals surface area contributed by atoms with Gasteiger partial charge in [0, 0.05) is 17.5 Å². The lowest BCUT2D eigenvalue weighted by Crippen LogP contribution is -2.64. The number of carbonyl (C=O) groups excluding carboxylic acids is 1. The van der Waals surface area contributed by atoms with Gasteiger partial charge in [0.1, 0.15) is 0 Å². The minimum Gasteiger partial charge on any atom is -0.493 e. The van der Waals surface area contributed by atoms with Crippen LogP contribution in [0.5, 0.6) is 11.5 Å². The fraction of sp³-hybridized carbons (Fsp3) is 0.533. The van der Waals surface area contributed by atoms with E-state index in [2.05, 4.69) is 19.2 Å². The van der Waals surface area contributed by atoms with Gasteiger partial charge in [0.25, 0.3) is 5.91 Å². The molecule has 1 aromatic rings. The van der Waals surface area contributed by atoms with Crippen molar-refractivity contribution in [2.45, 2.75) is 32.4 Å². The second-order valence-electron chi connectivity index (χ2n) is 5.73. The third kappa shape index (κ3) is 2.33. The van der Waals surface area contributed by atoms with Crippen LogP contribution in [-0.2, 0) is 0 Å². The monoisotopic (exact) mass is 278 g/mol. The van der Waals surface area contributed by atoms with E-state index < -0.39 is 0 Å². The van der Waals surface area contributed by atoms with E-state index in [-0.39, 0.29) is 23.4 Å². The molecule has 5 nitrogen and oxygen atoms in total. The summed E-state index contributed by atoms with van der Waals surface area (Å²) >= 11 is 0. The molecule has 0 heterocycles. The van der Waals surface area contributed by atoms with Crippen molar-refractivity contribution in [1.82, 2.24) is 5.32 Å². The quantitative estimate of drug-likeness (QED) is 0.876. The van der Waals surface area contributed by atoms with Crippen LogP contribution < -0.4 is 20.5 Å². The van der Waals surface area contributed by atoms with Gasteiger partial charge in [-0.3, -0.25) is 4.79 Å². The Morgan fingerprint density at radius 1 is 1.35 bits per heavy atom. The van der Waals surface area contributed by atoms with Gasteiger partial charge in [0.15, 0.2) is 11.5 Å². The summed E-state index contributed by atoms with van der Waals surface area (Å²) in [6, 6.07) is 5.47. The highest BCUT2D eigenvalue weighted by Gasteiger charge is 2.46. The average molecular weight is 278 g/mol. The standard InChI is InChI=1S/C15H22N2O3/c1-15(2)11(16)8-12(15)17-14(18)9-6-5-7-10(19-3)13(9)20-4/h5-7,11-12H,8,16H2,1-4H3,(H,17,18). The van der Waals surface area contributed by atoms with Gasteiger partial charge >= 0.3 is 0 Å². The molecule has 1 fully saturated rings. The van der Waals surface area contributed by atoms with Gasteiger partial charge in [-0.15, -0.1) is 0 Å². The molecule has 1 saturated carbocycles. The van der Waals surface area contributed by atoms with Gasteiger partial charge in [-0.1, -0.05) is 19.9 Å². The number of para-hydroxylation sites is 1. The lowest BCUT2D eigenvalue weighted by Gasteiger charge is -2.50. The first-order chi connectivity index (χ1) is 9.41. The van der Waals surface area contributed by atoms with Crippen LogP contribution in [0.15, 0.2) is 18.2 Å². The Bertz CT molecular complexity index is 514. The predicted octanol–water partition coefficient (Wildman–Crippen LogP) is 1.56. The van der Waals surface area contributed by atoms with Crippen LogP contribution in [0, 0.1) is 5.41 Å². The van der Waals surface area contributed by atoms with Crippen molar-refractivity contribution in [3.8, 4) is 11.5 Å².